The van der Waals surface area contributed by atoms with E-state index < -0.39 is 36.9 Å². The number of carbonyl (C=O) groups excluding carboxylic acids is 3. The number of carbonyl (C=O) groups is 3. The molecule has 1 atom stereocenters. The molecule has 0 aromatic heterocycles. The lowest BCUT2D eigenvalue weighted by Gasteiger charge is -2.23. The first-order valence-electron chi connectivity index (χ1n) is 13.3. The molecule has 0 N–H and O–H groups in total. The Morgan fingerprint density at radius 3 is 2.51 bits per heavy atom. The second-order valence-corrected chi connectivity index (χ2v) is 10.6. The third kappa shape index (κ3) is 7.74. The van der Waals surface area contributed by atoms with E-state index in [4.69, 9.17) is 37.4 Å². The van der Waals surface area contributed by atoms with Gasteiger partial charge in [0, 0.05) is 16.5 Å². The number of esters is 1. The summed E-state index contributed by atoms with van der Waals surface area (Å²) in [5, 5.41) is 0.479. The maximum absolute atomic E-state index is 13.3. The molecule has 1 fully saturated rings. The van der Waals surface area contributed by atoms with Crippen molar-refractivity contribution in [3.05, 3.63) is 81.9 Å². The molecule has 0 spiro atoms. The van der Waals surface area contributed by atoms with E-state index in [-0.39, 0.29) is 39.2 Å². The highest BCUT2D eigenvalue weighted by atomic mass is 35.5. The summed E-state index contributed by atoms with van der Waals surface area (Å²) in [6.45, 7) is 2.02. The molecule has 2 aliphatic rings. The van der Waals surface area contributed by atoms with Gasteiger partial charge in [-0.2, -0.15) is 8.78 Å². The van der Waals surface area contributed by atoms with Crippen LogP contribution in [0.3, 0.4) is 0 Å². The third-order valence-corrected chi connectivity index (χ3v) is 7.69. The number of fused-ring (bicyclic) bond motifs is 1. The largest absolute Gasteiger partial charge is 0.497 e. The molecule has 2 aromatic carbocycles. The third-order valence-electron chi connectivity index (χ3n) is 6.87. The summed E-state index contributed by atoms with van der Waals surface area (Å²) in [6.07, 6.45) is 3.80. The average Bonchev–Trinajstić information content (AvgIpc) is 3.80. The molecule has 1 amide bonds. The molecule has 2 aromatic rings. The van der Waals surface area contributed by atoms with Gasteiger partial charge in [-0.15, -0.1) is 0 Å². The molecule has 0 bridgehead atoms. The number of Topliss-reactive ketones (excluding diaryl/α,β-unsaturated/α-hetero) is 1. The number of ether oxygens (including phenoxy) is 4. The van der Waals surface area contributed by atoms with Gasteiger partial charge in [-0.1, -0.05) is 48.0 Å². The number of methoxy groups -OCH3 is 1. The summed E-state index contributed by atoms with van der Waals surface area (Å²) in [5.74, 6) is -1.97. The highest BCUT2D eigenvalue weighted by molar-refractivity contribution is 6.52. The van der Waals surface area contributed by atoms with Crippen molar-refractivity contribution in [3.8, 4) is 17.2 Å². The Hall–Kier alpha value is -3.89. The number of allylic oxidation sites excluding steroid dienone is 4. The number of hydrogen-bond donors (Lipinski definition) is 0. The van der Waals surface area contributed by atoms with Crippen molar-refractivity contribution in [1.82, 2.24) is 0 Å². The minimum atomic E-state index is -3.08. The van der Waals surface area contributed by atoms with Crippen LogP contribution in [-0.2, 0) is 14.3 Å². The van der Waals surface area contributed by atoms with Gasteiger partial charge in [0.05, 0.1) is 25.0 Å². The topological polar surface area (TPSA) is 91.4 Å². The van der Waals surface area contributed by atoms with Crippen molar-refractivity contribution >= 4 is 46.5 Å². The molecular formula is C31H29Cl2F2NO7. The predicted molar refractivity (Wildman–Crippen MR) is 157 cm³/mol. The Morgan fingerprint density at radius 2 is 1.88 bits per heavy atom. The second kappa shape index (κ2) is 14.1. The summed E-state index contributed by atoms with van der Waals surface area (Å²) in [7, 11) is 1.42. The van der Waals surface area contributed by atoms with Gasteiger partial charge < -0.3 is 18.9 Å². The van der Waals surface area contributed by atoms with Gasteiger partial charge in [-0.05, 0) is 67.2 Å². The van der Waals surface area contributed by atoms with Crippen LogP contribution in [0.1, 0.15) is 48.2 Å². The fourth-order valence-electron chi connectivity index (χ4n) is 4.43. The first kappa shape index (κ1) is 32.0. The summed E-state index contributed by atoms with van der Waals surface area (Å²) in [6, 6.07) is 8.69. The molecule has 228 valence electrons. The van der Waals surface area contributed by atoms with Crippen molar-refractivity contribution < 1.29 is 42.1 Å². The van der Waals surface area contributed by atoms with E-state index in [0.29, 0.717) is 29.4 Å². The quantitative estimate of drug-likeness (QED) is 0.124. The summed E-state index contributed by atoms with van der Waals surface area (Å²) in [5.41, 5.74) is 1.10. The Balaban J connectivity index is 1.66. The molecule has 1 aliphatic carbocycles. The average molecular weight is 636 g/mol. The number of amides is 1. The van der Waals surface area contributed by atoms with Crippen molar-refractivity contribution in [3.63, 3.8) is 0 Å². The molecule has 1 saturated carbocycles. The van der Waals surface area contributed by atoms with Crippen LogP contribution >= 0.6 is 23.2 Å². The lowest BCUT2D eigenvalue weighted by molar-refractivity contribution is -0.148. The molecule has 0 radical (unpaired) electrons. The molecular weight excluding hydrogens is 607 g/mol. The van der Waals surface area contributed by atoms with Gasteiger partial charge in [-0.3, -0.25) is 19.3 Å². The highest BCUT2D eigenvalue weighted by Gasteiger charge is 2.38. The number of alkyl halides is 2. The minimum absolute atomic E-state index is 0.0441. The van der Waals surface area contributed by atoms with Gasteiger partial charge >= 0.3 is 12.6 Å². The SMILES string of the molecule is C=C/C(Cl)=C(C[C@H](OC(=O)CN1C(=O)C(=O)c2cc(OC)ccc21)c1ccc(OC(F)F)c(OCC2CC2)c1)\C(Cl)=C/C. The number of nitrogens with zero attached hydrogens (tertiary/aromatic N) is 1. The van der Waals surface area contributed by atoms with Crippen molar-refractivity contribution in [2.24, 2.45) is 5.92 Å². The summed E-state index contributed by atoms with van der Waals surface area (Å²) >= 11 is 12.8. The minimum Gasteiger partial charge on any atom is -0.497 e. The maximum Gasteiger partial charge on any atom is 0.387 e. The van der Waals surface area contributed by atoms with Crippen molar-refractivity contribution in [1.29, 1.82) is 0 Å². The van der Waals surface area contributed by atoms with Crippen molar-refractivity contribution in [2.45, 2.75) is 38.9 Å². The molecule has 4 rings (SSSR count). The lowest BCUT2D eigenvalue weighted by atomic mass is 9.99. The lowest BCUT2D eigenvalue weighted by Crippen LogP contribution is -2.36. The van der Waals surface area contributed by atoms with E-state index in [1.807, 2.05) is 0 Å². The number of ketones is 1. The standard InChI is InChI=1S/C31H29Cl2F2NO7/c1-4-22(32)20(23(33)5-2)14-26(18-8-11-25(43-31(34)35)27(12-18)41-16-17-6-7-17)42-28(37)15-36-24-10-9-19(40-3)13-21(24)29(38)30(36)39/h4-5,8-13,17,26,31H,1,6-7,14-16H2,2-3H3/b22-20+,23-5+/t26-/m0/s1. The smallest absolute Gasteiger partial charge is 0.387 e. The van der Waals surface area contributed by atoms with Crippen LogP contribution in [0.4, 0.5) is 14.5 Å². The Labute approximate surface area is 257 Å². The number of halogens is 4. The van der Waals surface area contributed by atoms with E-state index in [2.05, 4.69) is 11.3 Å². The van der Waals surface area contributed by atoms with Crippen LogP contribution in [0, 0.1) is 5.92 Å². The first-order valence-corrected chi connectivity index (χ1v) is 14.1. The summed E-state index contributed by atoms with van der Waals surface area (Å²) in [4.78, 5) is 39.7. The molecule has 0 unspecified atom stereocenters. The van der Waals surface area contributed by atoms with Gasteiger partial charge in [0.15, 0.2) is 11.5 Å². The first-order chi connectivity index (χ1) is 20.6. The highest BCUT2D eigenvalue weighted by Crippen LogP contribution is 2.39. The van der Waals surface area contributed by atoms with Crippen LogP contribution in [0.15, 0.2) is 70.8 Å². The second-order valence-electron chi connectivity index (χ2n) is 9.79. The maximum atomic E-state index is 13.3. The molecule has 12 heteroatoms. The zero-order chi connectivity index (χ0) is 31.3. The molecule has 1 heterocycles. The van der Waals surface area contributed by atoms with Gasteiger partial charge in [0.2, 0.25) is 0 Å². The number of rotatable bonds is 14. The fourth-order valence-corrected chi connectivity index (χ4v) is 4.84. The molecule has 0 saturated heterocycles. The van der Waals surface area contributed by atoms with Gasteiger partial charge in [0.25, 0.3) is 11.7 Å². The Bertz CT molecular complexity index is 1490. The number of benzene rings is 2. The monoisotopic (exact) mass is 635 g/mol. The van der Waals surface area contributed by atoms with E-state index >= 15 is 0 Å². The van der Waals surface area contributed by atoms with E-state index in [9.17, 15) is 23.2 Å². The number of hydrogen-bond acceptors (Lipinski definition) is 7. The Morgan fingerprint density at radius 1 is 1.14 bits per heavy atom. The van der Waals surface area contributed by atoms with Crippen LogP contribution in [0.25, 0.3) is 0 Å². The van der Waals surface area contributed by atoms with E-state index in [1.165, 1.54) is 43.5 Å². The molecule has 43 heavy (non-hydrogen) atoms. The molecule has 8 nitrogen and oxygen atoms in total. The fraction of sp³-hybridized carbons (Fsp3) is 0.323. The Kier molecular flexibility index (Phi) is 10.5. The van der Waals surface area contributed by atoms with Crippen LogP contribution in [0.2, 0.25) is 0 Å². The normalized spacial score (nSPS) is 16.1. The molecule has 1 aliphatic heterocycles. The zero-order valence-corrected chi connectivity index (χ0v) is 24.9. The van der Waals surface area contributed by atoms with Crippen LogP contribution in [0.5, 0.6) is 17.2 Å². The van der Waals surface area contributed by atoms with Gasteiger partial charge in [0.1, 0.15) is 18.4 Å². The zero-order valence-electron chi connectivity index (χ0n) is 23.4. The van der Waals surface area contributed by atoms with Crippen LogP contribution < -0.4 is 19.1 Å². The van der Waals surface area contributed by atoms with E-state index in [0.717, 1.165) is 17.7 Å². The van der Waals surface area contributed by atoms with Crippen LogP contribution in [-0.4, -0.2) is 44.5 Å². The summed E-state index contributed by atoms with van der Waals surface area (Å²) < 4.78 is 47.6. The predicted octanol–water partition coefficient (Wildman–Crippen LogP) is 7.11. The van der Waals surface area contributed by atoms with E-state index in [1.54, 1.807) is 19.1 Å². The van der Waals surface area contributed by atoms with Gasteiger partial charge in [-0.25, -0.2) is 0 Å². The van der Waals surface area contributed by atoms with Crippen molar-refractivity contribution in [2.75, 3.05) is 25.2 Å². The number of anilines is 1.